The Kier molecular flexibility index (Phi) is 3.92. The Morgan fingerprint density at radius 3 is 3.00 bits per heavy atom. The third-order valence-electron chi connectivity index (χ3n) is 3.03. The van der Waals surface area contributed by atoms with Gasteiger partial charge in [-0.1, -0.05) is 19.1 Å². The molecule has 2 aromatic rings. The van der Waals surface area contributed by atoms with Gasteiger partial charge in [0.25, 0.3) is 0 Å². The lowest BCUT2D eigenvalue weighted by molar-refractivity contribution is 0.0925. The van der Waals surface area contributed by atoms with Crippen molar-refractivity contribution in [1.29, 1.82) is 0 Å². The summed E-state index contributed by atoms with van der Waals surface area (Å²) in [4.78, 5) is 12.3. The lowest BCUT2D eigenvalue weighted by Crippen LogP contribution is -2.13. The molecule has 1 aromatic carbocycles. The van der Waals surface area contributed by atoms with Crippen molar-refractivity contribution >= 4 is 27.2 Å². The number of hydrogen-bond acceptors (Lipinski definition) is 3. The summed E-state index contributed by atoms with van der Waals surface area (Å²) in [6, 6.07) is 7.99. The van der Waals surface area contributed by atoms with Crippen LogP contribution in [0.4, 0.5) is 0 Å². The molecule has 0 saturated carbocycles. The molecule has 1 atom stereocenters. The minimum Gasteiger partial charge on any atom is -0.330 e. The average molecular weight is 247 g/mol. The highest BCUT2D eigenvalue weighted by atomic mass is 32.1. The van der Waals surface area contributed by atoms with Crippen LogP contribution < -0.4 is 5.73 Å². The van der Waals surface area contributed by atoms with Gasteiger partial charge in [0.1, 0.15) is 0 Å². The lowest BCUT2D eigenvalue weighted by atomic mass is 9.94. The third-order valence-corrected chi connectivity index (χ3v) is 4.00. The van der Waals surface area contributed by atoms with Gasteiger partial charge in [-0.05, 0) is 42.3 Å². The second-order valence-electron chi connectivity index (χ2n) is 4.34. The van der Waals surface area contributed by atoms with Crippen LogP contribution >= 0.6 is 11.3 Å². The SMILES string of the molecule is CC(CCCN)C(=O)c1cccc2ccsc12. The number of fused-ring (bicyclic) bond motifs is 1. The monoisotopic (exact) mass is 247 g/mol. The largest absolute Gasteiger partial charge is 0.330 e. The van der Waals surface area contributed by atoms with E-state index in [4.69, 9.17) is 5.73 Å². The van der Waals surface area contributed by atoms with Crippen molar-refractivity contribution in [3.05, 3.63) is 35.2 Å². The Balaban J connectivity index is 2.27. The zero-order valence-electron chi connectivity index (χ0n) is 9.98. The summed E-state index contributed by atoms with van der Waals surface area (Å²) in [5.74, 6) is 0.303. The van der Waals surface area contributed by atoms with Crippen molar-refractivity contribution in [3.8, 4) is 0 Å². The van der Waals surface area contributed by atoms with Gasteiger partial charge in [-0.25, -0.2) is 0 Å². The number of carbonyl (C=O) groups excluding carboxylic acids is 1. The van der Waals surface area contributed by atoms with E-state index in [1.807, 2.05) is 30.5 Å². The Bertz CT molecular complexity index is 518. The molecular weight excluding hydrogens is 230 g/mol. The number of nitrogens with two attached hydrogens (primary N) is 1. The summed E-state index contributed by atoms with van der Waals surface area (Å²) in [7, 11) is 0. The molecule has 0 spiro atoms. The van der Waals surface area contributed by atoms with E-state index >= 15 is 0 Å². The zero-order chi connectivity index (χ0) is 12.3. The van der Waals surface area contributed by atoms with Gasteiger partial charge in [0.05, 0.1) is 0 Å². The van der Waals surface area contributed by atoms with Crippen LogP contribution in [0.2, 0.25) is 0 Å². The predicted octanol–water partition coefficient (Wildman–Crippen LogP) is 3.46. The van der Waals surface area contributed by atoms with Crippen LogP contribution in [0, 0.1) is 5.92 Å². The van der Waals surface area contributed by atoms with Gasteiger partial charge in [0.15, 0.2) is 5.78 Å². The van der Waals surface area contributed by atoms with Gasteiger partial charge in [-0.3, -0.25) is 4.79 Å². The number of hydrogen-bond donors (Lipinski definition) is 1. The maximum Gasteiger partial charge on any atom is 0.167 e. The molecule has 0 fully saturated rings. The molecule has 0 aliphatic carbocycles. The normalized spacial score (nSPS) is 12.8. The fourth-order valence-electron chi connectivity index (χ4n) is 2.01. The van der Waals surface area contributed by atoms with E-state index in [9.17, 15) is 4.79 Å². The van der Waals surface area contributed by atoms with E-state index in [1.54, 1.807) is 11.3 Å². The van der Waals surface area contributed by atoms with Crippen LogP contribution in [-0.2, 0) is 0 Å². The topological polar surface area (TPSA) is 43.1 Å². The van der Waals surface area contributed by atoms with E-state index < -0.39 is 0 Å². The number of carbonyl (C=O) groups is 1. The highest BCUT2D eigenvalue weighted by Gasteiger charge is 2.17. The van der Waals surface area contributed by atoms with E-state index in [1.165, 1.54) is 0 Å². The molecule has 1 aromatic heterocycles. The first-order chi connectivity index (χ1) is 8.24. The summed E-state index contributed by atoms with van der Waals surface area (Å²) in [6.07, 6.45) is 1.78. The molecule has 2 N–H and O–H groups in total. The molecule has 17 heavy (non-hydrogen) atoms. The molecule has 2 rings (SSSR count). The summed E-state index contributed by atoms with van der Waals surface area (Å²) < 4.78 is 1.11. The maximum absolute atomic E-state index is 12.3. The van der Waals surface area contributed by atoms with Crippen molar-refractivity contribution in [2.45, 2.75) is 19.8 Å². The number of rotatable bonds is 5. The van der Waals surface area contributed by atoms with Crippen LogP contribution in [0.3, 0.4) is 0 Å². The fourth-order valence-corrected chi connectivity index (χ4v) is 2.93. The highest BCUT2D eigenvalue weighted by Crippen LogP contribution is 2.27. The van der Waals surface area contributed by atoms with Crippen LogP contribution in [0.5, 0.6) is 0 Å². The quantitative estimate of drug-likeness (QED) is 0.822. The first-order valence-corrected chi connectivity index (χ1v) is 6.82. The predicted molar refractivity (Wildman–Crippen MR) is 73.6 cm³/mol. The number of thiophene rings is 1. The highest BCUT2D eigenvalue weighted by molar-refractivity contribution is 7.17. The third kappa shape index (κ3) is 2.56. The lowest BCUT2D eigenvalue weighted by Gasteiger charge is -2.10. The molecule has 0 bridgehead atoms. The molecule has 1 unspecified atom stereocenters. The van der Waals surface area contributed by atoms with Gasteiger partial charge in [0.2, 0.25) is 0 Å². The molecule has 0 saturated heterocycles. The molecule has 3 heteroatoms. The summed E-state index contributed by atoms with van der Waals surface area (Å²) >= 11 is 1.64. The van der Waals surface area contributed by atoms with Gasteiger partial charge in [-0.15, -0.1) is 11.3 Å². The summed E-state index contributed by atoms with van der Waals surface area (Å²) in [5.41, 5.74) is 6.34. The average Bonchev–Trinajstić information content (AvgIpc) is 2.82. The van der Waals surface area contributed by atoms with E-state index in [0.29, 0.717) is 6.54 Å². The molecule has 90 valence electrons. The first-order valence-electron chi connectivity index (χ1n) is 5.94. The van der Waals surface area contributed by atoms with Crippen molar-refractivity contribution in [1.82, 2.24) is 0 Å². The van der Waals surface area contributed by atoms with Gasteiger partial charge >= 0.3 is 0 Å². The minimum absolute atomic E-state index is 0.0613. The standard InChI is InChI=1S/C14H17NOS/c1-10(4-3-8-15)13(16)12-6-2-5-11-7-9-17-14(11)12/h2,5-7,9-10H,3-4,8,15H2,1H3. The molecule has 0 aliphatic rings. The van der Waals surface area contributed by atoms with Crippen molar-refractivity contribution in [2.75, 3.05) is 6.54 Å². The molecule has 0 radical (unpaired) electrons. The Labute approximate surface area is 105 Å². The van der Waals surface area contributed by atoms with Gasteiger partial charge in [-0.2, -0.15) is 0 Å². The second kappa shape index (κ2) is 5.43. The van der Waals surface area contributed by atoms with Gasteiger partial charge in [0, 0.05) is 16.2 Å². The van der Waals surface area contributed by atoms with Crippen LogP contribution in [0.25, 0.3) is 10.1 Å². The van der Waals surface area contributed by atoms with Crippen molar-refractivity contribution < 1.29 is 4.79 Å². The zero-order valence-corrected chi connectivity index (χ0v) is 10.8. The molecular formula is C14H17NOS. The first kappa shape index (κ1) is 12.3. The Morgan fingerprint density at radius 2 is 2.24 bits per heavy atom. The number of Topliss-reactive ketones (excluding diaryl/α,β-unsaturated/α-hetero) is 1. The Hall–Kier alpha value is -1.19. The summed E-state index contributed by atoms with van der Waals surface area (Å²) in [5, 5.41) is 3.19. The van der Waals surface area contributed by atoms with E-state index in [0.717, 1.165) is 28.5 Å². The van der Waals surface area contributed by atoms with Crippen LogP contribution in [-0.4, -0.2) is 12.3 Å². The second-order valence-corrected chi connectivity index (χ2v) is 5.26. The van der Waals surface area contributed by atoms with Crippen LogP contribution in [0.1, 0.15) is 30.1 Å². The Morgan fingerprint density at radius 1 is 1.41 bits per heavy atom. The molecule has 0 amide bonds. The summed E-state index contributed by atoms with van der Waals surface area (Å²) in [6.45, 7) is 2.64. The molecule has 2 nitrogen and oxygen atoms in total. The maximum atomic E-state index is 12.3. The smallest absolute Gasteiger partial charge is 0.167 e. The number of benzene rings is 1. The van der Waals surface area contributed by atoms with Gasteiger partial charge < -0.3 is 5.73 Å². The minimum atomic E-state index is 0.0613. The molecule has 0 aliphatic heterocycles. The molecule has 1 heterocycles. The van der Waals surface area contributed by atoms with Crippen molar-refractivity contribution in [3.63, 3.8) is 0 Å². The van der Waals surface area contributed by atoms with Crippen LogP contribution in [0.15, 0.2) is 29.6 Å². The number of ketones is 1. The fraction of sp³-hybridized carbons (Fsp3) is 0.357. The van der Waals surface area contributed by atoms with E-state index in [2.05, 4.69) is 6.07 Å². The van der Waals surface area contributed by atoms with E-state index in [-0.39, 0.29) is 11.7 Å². The van der Waals surface area contributed by atoms with Crippen molar-refractivity contribution in [2.24, 2.45) is 11.7 Å².